The molecule has 0 spiro atoms. The minimum Gasteiger partial charge on any atom is -0.339 e. The van der Waals surface area contributed by atoms with Crippen molar-refractivity contribution in [3.8, 4) is 6.07 Å². The Morgan fingerprint density at radius 3 is 2.53 bits per heavy atom. The third-order valence-electron chi connectivity index (χ3n) is 2.26. The largest absolute Gasteiger partial charge is 0.339 e. The Labute approximate surface area is 110 Å². The van der Waals surface area contributed by atoms with Crippen molar-refractivity contribution < 1.29 is 8.42 Å². The standard InChI is InChI=1S/C12H10N4O2S/c1-19(17,18)12-14-8-9(7-13)11(16-12)15-10-5-3-2-4-6-10/h2-6,8H,1H3,(H,14,15,16). The van der Waals surface area contributed by atoms with Crippen LogP contribution in [0.3, 0.4) is 0 Å². The van der Waals surface area contributed by atoms with Crippen LogP contribution in [0.5, 0.6) is 0 Å². The zero-order valence-electron chi connectivity index (χ0n) is 10.0. The van der Waals surface area contributed by atoms with E-state index in [-0.39, 0.29) is 16.5 Å². The smallest absolute Gasteiger partial charge is 0.248 e. The number of benzene rings is 1. The van der Waals surface area contributed by atoms with Crippen LogP contribution in [-0.4, -0.2) is 24.6 Å². The van der Waals surface area contributed by atoms with Crippen molar-refractivity contribution in [2.24, 2.45) is 0 Å². The van der Waals surface area contributed by atoms with Gasteiger partial charge in [0.15, 0.2) is 5.82 Å². The van der Waals surface area contributed by atoms with Gasteiger partial charge in [-0.3, -0.25) is 0 Å². The van der Waals surface area contributed by atoms with Crippen molar-refractivity contribution >= 4 is 21.3 Å². The first-order chi connectivity index (χ1) is 9.00. The van der Waals surface area contributed by atoms with E-state index in [9.17, 15) is 8.42 Å². The summed E-state index contributed by atoms with van der Waals surface area (Å²) in [6, 6.07) is 10.9. The molecule has 19 heavy (non-hydrogen) atoms. The van der Waals surface area contributed by atoms with E-state index in [0.717, 1.165) is 6.26 Å². The summed E-state index contributed by atoms with van der Waals surface area (Å²) in [7, 11) is -3.51. The van der Waals surface area contributed by atoms with Crippen LogP contribution in [0.15, 0.2) is 41.7 Å². The summed E-state index contributed by atoms with van der Waals surface area (Å²) in [5.41, 5.74) is 0.883. The maximum Gasteiger partial charge on any atom is 0.248 e. The van der Waals surface area contributed by atoms with E-state index in [1.165, 1.54) is 6.20 Å². The second-order valence-corrected chi connectivity index (χ2v) is 5.70. The second-order valence-electron chi connectivity index (χ2n) is 3.79. The lowest BCUT2D eigenvalue weighted by molar-refractivity contribution is 0.593. The molecule has 0 atom stereocenters. The van der Waals surface area contributed by atoms with Crippen molar-refractivity contribution in [3.63, 3.8) is 0 Å². The molecule has 1 aromatic heterocycles. The summed E-state index contributed by atoms with van der Waals surface area (Å²) < 4.78 is 22.8. The molecule has 1 heterocycles. The Bertz CT molecular complexity index is 736. The summed E-state index contributed by atoms with van der Waals surface area (Å²) in [6.07, 6.45) is 2.20. The first-order valence-corrected chi connectivity index (χ1v) is 7.19. The van der Waals surface area contributed by atoms with Gasteiger partial charge in [0.2, 0.25) is 15.0 Å². The molecule has 6 nitrogen and oxygen atoms in total. The number of aromatic nitrogens is 2. The monoisotopic (exact) mass is 274 g/mol. The van der Waals surface area contributed by atoms with Gasteiger partial charge in [0.25, 0.3) is 0 Å². The van der Waals surface area contributed by atoms with Gasteiger partial charge >= 0.3 is 0 Å². The molecule has 0 saturated heterocycles. The van der Waals surface area contributed by atoms with Gasteiger partial charge in [-0.25, -0.2) is 13.4 Å². The Balaban J connectivity index is 2.46. The van der Waals surface area contributed by atoms with E-state index in [0.29, 0.717) is 5.69 Å². The number of anilines is 2. The predicted molar refractivity (Wildman–Crippen MR) is 69.6 cm³/mol. The number of hydrogen-bond acceptors (Lipinski definition) is 6. The fourth-order valence-electron chi connectivity index (χ4n) is 1.38. The molecular weight excluding hydrogens is 264 g/mol. The number of hydrogen-bond donors (Lipinski definition) is 1. The van der Waals surface area contributed by atoms with E-state index < -0.39 is 9.84 Å². The van der Waals surface area contributed by atoms with Crippen molar-refractivity contribution in [2.45, 2.75) is 5.16 Å². The fraction of sp³-hybridized carbons (Fsp3) is 0.0833. The molecule has 0 aliphatic heterocycles. The summed E-state index contributed by atoms with van der Waals surface area (Å²) in [5.74, 6) is 0.170. The van der Waals surface area contributed by atoms with Crippen LogP contribution in [0.1, 0.15) is 5.56 Å². The number of rotatable bonds is 3. The molecule has 1 aromatic carbocycles. The minimum absolute atomic E-state index is 0.170. The molecule has 0 aliphatic carbocycles. The molecule has 0 aliphatic rings. The van der Waals surface area contributed by atoms with Gasteiger partial charge in [0, 0.05) is 11.9 Å². The molecule has 0 unspecified atom stereocenters. The summed E-state index contributed by atoms with van der Waals surface area (Å²) in [6.45, 7) is 0. The van der Waals surface area contributed by atoms with Gasteiger partial charge in [-0.1, -0.05) is 18.2 Å². The Hall–Kier alpha value is -2.46. The van der Waals surface area contributed by atoms with E-state index in [1.54, 1.807) is 12.1 Å². The lowest BCUT2D eigenvalue weighted by Crippen LogP contribution is -2.07. The second kappa shape index (κ2) is 5.04. The lowest BCUT2D eigenvalue weighted by Gasteiger charge is -2.07. The first kappa shape index (κ1) is 13.0. The van der Waals surface area contributed by atoms with E-state index in [4.69, 9.17) is 5.26 Å². The molecule has 0 bridgehead atoms. The SMILES string of the molecule is CS(=O)(=O)c1ncc(C#N)c(Nc2ccccc2)n1. The normalized spacial score (nSPS) is 10.7. The van der Waals surface area contributed by atoms with Gasteiger partial charge < -0.3 is 5.32 Å². The van der Waals surface area contributed by atoms with Crippen molar-refractivity contribution in [2.75, 3.05) is 11.6 Å². The average molecular weight is 274 g/mol. The van der Waals surface area contributed by atoms with Crippen molar-refractivity contribution in [1.82, 2.24) is 9.97 Å². The van der Waals surface area contributed by atoms with Crippen LogP contribution in [-0.2, 0) is 9.84 Å². The zero-order valence-corrected chi connectivity index (χ0v) is 10.8. The zero-order chi connectivity index (χ0) is 13.9. The van der Waals surface area contributed by atoms with E-state index >= 15 is 0 Å². The van der Waals surface area contributed by atoms with Gasteiger partial charge in [0.05, 0.1) is 6.20 Å². The predicted octanol–water partition coefficient (Wildman–Crippen LogP) is 1.50. The van der Waals surface area contributed by atoms with Crippen molar-refractivity contribution in [1.29, 1.82) is 5.26 Å². The van der Waals surface area contributed by atoms with Gasteiger partial charge in [0.1, 0.15) is 11.6 Å². The molecule has 7 heteroatoms. The van der Waals surface area contributed by atoms with Crippen LogP contribution in [0, 0.1) is 11.3 Å². The Morgan fingerprint density at radius 1 is 1.26 bits per heavy atom. The summed E-state index contributed by atoms with van der Waals surface area (Å²) in [5, 5.41) is 11.6. The number of nitriles is 1. The van der Waals surface area contributed by atoms with Crippen LogP contribution in [0.2, 0.25) is 0 Å². The Kier molecular flexibility index (Phi) is 3.44. The molecule has 96 valence electrons. The minimum atomic E-state index is -3.51. The highest BCUT2D eigenvalue weighted by Crippen LogP contribution is 2.18. The van der Waals surface area contributed by atoms with Crippen LogP contribution < -0.4 is 5.32 Å². The maximum atomic E-state index is 11.4. The first-order valence-electron chi connectivity index (χ1n) is 5.30. The fourth-order valence-corrected chi connectivity index (χ4v) is 1.88. The molecule has 0 amide bonds. The van der Waals surface area contributed by atoms with E-state index in [2.05, 4.69) is 15.3 Å². The third kappa shape index (κ3) is 3.05. The molecule has 1 N–H and O–H groups in total. The summed E-state index contributed by atoms with van der Waals surface area (Å²) in [4.78, 5) is 7.54. The number of para-hydroxylation sites is 1. The van der Waals surface area contributed by atoms with Gasteiger partial charge in [-0.15, -0.1) is 0 Å². The average Bonchev–Trinajstić information content (AvgIpc) is 2.39. The summed E-state index contributed by atoms with van der Waals surface area (Å²) >= 11 is 0. The van der Waals surface area contributed by atoms with Crippen LogP contribution >= 0.6 is 0 Å². The third-order valence-corrected chi connectivity index (χ3v) is 3.12. The highest BCUT2D eigenvalue weighted by Gasteiger charge is 2.14. The number of nitrogens with zero attached hydrogens (tertiary/aromatic N) is 3. The topological polar surface area (TPSA) is 95.7 Å². The maximum absolute atomic E-state index is 11.4. The molecule has 2 rings (SSSR count). The molecule has 0 radical (unpaired) electrons. The quantitative estimate of drug-likeness (QED) is 0.852. The van der Waals surface area contributed by atoms with Gasteiger partial charge in [-0.2, -0.15) is 10.2 Å². The number of nitrogens with one attached hydrogen (secondary N) is 1. The van der Waals surface area contributed by atoms with Crippen molar-refractivity contribution in [3.05, 3.63) is 42.1 Å². The lowest BCUT2D eigenvalue weighted by atomic mass is 10.3. The van der Waals surface area contributed by atoms with Crippen LogP contribution in [0.4, 0.5) is 11.5 Å². The van der Waals surface area contributed by atoms with Gasteiger partial charge in [-0.05, 0) is 12.1 Å². The number of sulfone groups is 1. The van der Waals surface area contributed by atoms with E-state index in [1.807, 2.05) is 24.3 Å². The highest BCUT2D eigenvalue weighted by molar-refractivity contribution is 7.90. The highest BCUT2D eigenvalue weighted by atomic mass is 32.2. The molecule has 2 aromatic rings. The molecular formula is C12H10N4O2S. The van der Waals surface area contributed by atoms with Crippen LogP contribution in [0.25, 0.3) is 0 Å². The molecule has 0 saturated carbocycles. The molecule has 0 fully saturated rings. The Morgan fingerprint density at radius 2 is 1.95 bits per heavy atom.